The van der Waals surface area contributed by atoms with Crippen LogP contribution in [0.4, 0.5) is 5.82 Å². The summed E-state index contributed by atoms with van der Waals surface area (Å²) in [7, 11) is 3.86. The number of pyridine rings is 2. The molecule has 3 heterocycles. The number of hydrogen-bond donors (Lipinski definition) is 1. The highest BCUT2D eigenvalue weighted by molar-refractivity contribution is 5.80. The van der Waals surface area contributed by atoms with E-state index in [2.05, 4.69) is 19.9 Å². The Labute approximate surface area is 122 Å². The number of aromatic nitrogens is 4. The molecule has 2 N–H and O–H groups in total. The van der Waals surface area contributed by atoms with Crippen LogP contribution in [0.3, 0.4) is 0 Å². The van der Waals surface area contributed by atoms with E-state index in [-0.39, 0.29) is 0 Å². The molecule has 6 heteroatoms. The van der Waals surface area contributed by atoms with Gasteiger partial charge in [-0.15, -0.1) is 0 Å². The van der Waals surface area contributed by atoms with Crippen molar-refractivity contribution in [2.24, 2.45) is 5.73 Å². The summed E-state index contributed by atoms with van der Waals surface area (Å²) in [6.45, 7) is 0.401. The van der Waals surface area contributed by atoms with Crippen molar-refractivity contribution >= 4 is 16.7 Å². The smallest absolute Gasteiger partial charge is 0.147 e. The van der Waals surface area contributed by atoms with Crippen LogP contribution in [-0.2, 0) is 6.54 Å². The van der Waals surface area contributed by atoms with Crippen molar-refractivity contribution in [3.63, 3.8) is 0 Å². The molecule has 3 aromatic rings. The summed E-state index contributed by atoms with van der Waals surface area (Å²) in [6.07, 6.45) is 5.23. The van der Waals surface area contributed by atoms with Crippen LogP contribution in [0.5, 0.6) is 0 Å². The molecule has 0 bridgehead atoms. The van der Waals surface area contributed by atoms with Crippen molar-refractivity contribution in [2.75, 3.05) is 19.0 Å². The van der Waals surface area contributed by atoms with Gasteiger partial charge in [-0.1, -0.05) is 0 Å². The molecule has 0 spiro atoms. The first-order chi connectivity index (χ1) is 10.2. The molecule has 0 aliphatic rings. The van der Waals surface area contributed by atoms with Gasteiger partial charge in [-0.25, -0.2) is 9.97 Å². The molecule has 3 rings (SSSR count). The molecular formula is C15H16N6. The molecular weight excluding hydrogens is 264 g/mol. The van der Waals surface area contributed by atoms with Crippen molar-refractivity contribution in [3.8, 4) is 11.4 Å². The fraction of sp³-hybridized carbons (Fsp3) is 0.200. The third kappa shape index (κ3) is 2.66. The number of anilines is 1. The Balaban J connectivity index is 2.09. The molecule has 0 fully saturated rings. The molecule has 0 aliphatic heterocycles. The maximum absolute atomic E-state index is 5.63. The fourth-order valence-corrected chi connectivity index (χ4v) is 2.01. The lowest BCUT2D eigenvalue weighted by Crippen LogP contribution is -2.11. The van der Waals surface area contributed by atoms with E-state index in [0.29, 0.717) is 6.54 Å². The maximum Gasteiger partial charge on any atom is 0.147 e. The average Bonchev–Trinajstić information content (AvgIpc) is 2.53. The summed E-state index contributed by atoms with van der Waals surface area (Å²) in [5, 5.41) is 0.979. The van der Waals surface area contributed by atoms with Crippen LogP contribution in [-0.4, -0.2) is 34.0 Å². The zero-order valence-corrected chi connectivity index (χ0v) is 12.0. The van der Waals surface area contributed by atoms with Gasteiger partial charge in [0.25, 0.3) is 0 Å². The SMILES string of the molecule is CN(C)c1cncc(-c2ccc3cnc(CN)cc3n2)n1. The first-order valence-corrected chi connectivity index (χ1v) is 6.63. The highest BCUT2D eigenvalue weighted by Gasteiger charge is 2.06. The van der Waals surface area contributed by atoms with E-state index in [9.17, 15) is 0 Å². The number of hydrogen-bond acceptors (Lipinski definition) is 6. The van der Waals surface area contributed by atoms with Crippen LogP contribution in [0.15, 0.2) is 36.8 Å². The second-order valence-corrected chi connectivity index (χ2v) is 4.93. The second kappa shape index (κ2) is 5.41. The van der Waals surface area contributed by atoms with Gasteiger partial charge >= 0.3 is 0 Å². The van der Waals surface area contributed by atoms with E-state index < -0.39 is 0 Å². The van der Waals surface area contributed by atoms with E-state index in [1.807, 2.05) is 37.2 Å². The summed E-state index contributed by atoms with van der Waals surface area (Å²) in [5.41, 5.74) is 8.84. The minimum atomic E-state index is 0.401. The lowest BCUT2D eigenvalue weighted by molar-refractivity contribution is 0.995. The molecule has 0 saturated carbocycles. The van der Waals surface area contributed by atoms with Gasteiger partial charge in [-0.2, -0.15) is 0 Å². The molecule has 0 radical (unpaired) electrons. The van der Waals surface area contributed by atoms with Crippen LogP contribution in [0, 0.1) is 0 Å². The van der Waals surface area contributed by atoms with Gasteiger partial charge in [-0.05, 0) is 18.2 Å². The Morgan fingerprint density at radius 2 is 1.90 bits per heavy atom. The zero-order chi connectivity index (χ0) is 14.8. The van der Waals surface area contributed by atoms with E-state index in [1.165, 1.54) is 0 Å². The van der Waals surface area contributed by atoms with Gasteiger partial charge in [0, 0.05) is 32.2 Å². The predicted octanol–water partition coefficient (Wildman–Crippen LogP) is 1.61. The maximum atomic E-state index is 5.63. The van der Waals surface area contributed by atoms with Gasteiger partial charge in [0.15, 0.2) is 0 Å². The van der Waals surface area contributed by atoms with Crippen LogP contribution < -0.4 is 10.6 Å². The topological polar surface area (TPSA) is 80.8 Å². The summed E-state index contributed by atoms with van der Waals surface area (Å²) in [4.78, 5) is 19.6. The molecule has 6 nitrogen and oxygen atoms in total. The fourth-order valence-electron chi connectivity index (χ4n) is 2.01. The Kier molecular flexibility index (Phi) is 3.45. The number of rotatable bonds is 3. The number of nitrogens with zero attached hydrogens (tertiary/aromatic N) is 5. The van der Waals surface area contributed by atoms with E-state index in [1.54, 1.807) is 18.6 Å². The van der Waals surface area contributed by atoms with Crippen molar-refractivity contribution in [3.05, 3.63) is 42.5 Å². The van der Waals surface area contributed by atoms with Gasteiger partial charge in [-0.3, -0.25) is 9.97 Å². The molecule has 3 aromatic heterocycles. The van der Waals surface area contributed by atoms with Gasteiger partial charge in [0.2, 0.25) is 0 Å². The number of fused-ring (bicyclic) bond motifs is 1. The molecule has 0 amide bonds. The van der Waals surface area contributed by atoms with E-state index in [4.69, 9.17) is 5.73 Å². The van der Waals surface area contributed by atoms with Gasteiger partial charge < -0.3 is 10.6 Å². The Hall–Kier alpha value is -2.60. The highest BCUT2D eigenvalue weighted by Crippen LogP contribution is 2.20. The van der Waals surface area contributed by atoms with Crippen molar-refractivity contribution in [1.82, 2.24) is 19.9 Å². The first kappa shape index (κ1) is 13.4. The van der Waals surface area contributed by atoms with Crippen LogP contribution in [0.2, 0.25) is 0 Å². The number of nitrogens with two attached hydrogens (primary N) is 1. The van der Waals surface area contributed by atoms with Crippen LogP contribution in [0.25, 0.3) is 22.3 Å². The molecule has 0 aliphatic carbocycles. The molecule has 0 atom stereocenters. The molecule has 0 unspecified atom stereocenters. The minimum absolute atomic E-state index is 0.401. The van der Waals surface area contributed by atoms with Crippen molar-refractivity contribution in [2.45, 2.75) is 6.54 Å². The monoisotopic (exact) mass is 280 g/mol. The zero-order valence-electron chi connectivity index (χ0n) is 12.0. The molecule has 0 aromatic carbocycles. The Bertz CT molecular complexity index is 784. The third-order valence-electron chi connectivity index (χ3n) is 3.18. The summed E-state index contributed by atoms with van der Waals surface area (Å²) < 4.78 is 0. The second-order valence-electron chi connectivity index (χ2n) is 4.93. The van der Waals surface area contributed by atoms with Crippen molar-refractivity contribution < 1.29 is 0 Å². The molecule has 106 valence electrons. The third-order valence-corrected chi connectivity index (χ3v) is 3.18. The lowest BCUT2D eigenvalue weighted by Gasteiger charge is -2.11. The summed E-state index contributed by atoms with van der Waals surface area (Å²) in [6, 6.07) is 5.81. The highest BCUT2D eigenvalue weighted by atomic mass is 15.1. The summed E-state index contributed by atoms with van der Waals surface area (Å²) >= 11 is 0. The van der Waals surface area contributed by atoms with E-state index in [0.717, 1.165) is 33.8 Å². The largest absolute Gasteiger partial charge is 0.361 e. The molecule has 0 saturated heterocycles. The van der Waals surface area contributed by atoms with Gasteiger partial charge in [0.05, 0.1) is 29.3 Å². The average molecular weight is 280 g/mol. The Morgan fingerprint density at radius 1 is 1.05 bits per heavy atom. The quantitative estimate of drug-likeness (QED) is 0.785. The minimum Gasteiger partial charge on any atom is -0.361 e. The lowest BCUT2D eigenvalue weighted by atomic mass is 10.2. The summed E-state index contributed by atoms with van der Waals surface area (Å²) in [5.74, 6) is 0.798. The van der Waals surface area contributed by atoms with Crippen LogP contribution >= 0.6 is 0 Å². The standard InChI is InChI=1S/C15H16N6/c1-21(2)15-9-17-8-14(20-15)12-4-3-10-7-18-11(6-16)5-13(10)19-12/h3-5,7-9H,6,16H2,1-2H3. The van der Waals surface area contributed by atoms with Gasteiger partial charge in [0.1, 0.15) is 11.5 Å². The molecule has 21 heavy (non-hydrogen) atoms. The first-order valence-electron chi connectivity index (χ1n) is 6.63. The predicted molar refractivity (Wildman–Crippen MR) is 82.8 cm³/mol. The Morgan fingerprint density at radius 3 is 2.67 bits per heavy atom. The van der Waals surface area contributed by atoms with Crippen LogP contribution in [0.1, 0.15) is 5.69 Å². The normalized spacial score (nSPS) is 10.8. The van der Waals surface area contributed by atoms with E-state index >= 15 is 0 Å². The van der Waals surface area contributed by atoms with Crippen molar-refractivity contribution in [1.29, 1.82) is 0 Å².